The summed E-state index contributed by atoms with van der Waals surface area (Å²) in [4.78, 5) is 6.64. The van der Waals surface area contributed by atoms with Crippen molar-refractivity contribution in [2.45, 2.75) is 6.04 Å². The van der Waals surface area contributed by atoms with Crippen molar-refractivity contribution in [3.63, 3.8) is 0 Å². The second kappa shape index (κ2) is 3.51. The molecule has 2 rings (SSSR count). The van der Waals surface area contributed by atoms with E-state index in [2.05, 4.69) is 27.6 Å². The quantitative estimate of drug-likeness (QED) is 0.695. The standard InChI is InChI=1S/C8H13N3S/c1-11-3-2-9-7(4-11)8-5-12-6-10-8/h5-7,9H,2-4H2,1H3. The summed E-state index contributed by atoms with van der Waals surface area (Å²) < 4.78 is 0. The van der Waals surface area contributed by atoms with Gasteiger partial charge in [0.05, 0.1) is 17.2 Å². The minimum absolute atomic E-state index is 0.440. The molecule has 1 N–H and O–H groups in total. The number of thiazole rings is 1. The highest BCUT2D eigenvalue weighted by molar-refractivity contribution is 7.07. The molecular weight excluding hydrogens is 170 g/mol. The molecule has 1 aromatic heterocycles. The molecule has 1 aromatic rings. The highest BCUT2D eigenvalue weighted by atomic mass is 32.1. The maximum absolute atomic E-state index is 4.30. The van der Waals surface area contributed by atoms with Crippen LogP contribution >= 0.6 is 11.3 Å². The van der Waals surface area contributed by atoms with Crippen LogP contribution in [-0.2, 0) is 0 Å². The first-order valence-corrected chi connectivity index (χ1v) is 5.10. The topological polar surface area (TPSA) is 28.2 Å². The van der Waals surface area contributed by atoms with E-state index in [0.717, 1.165) is 19.6 Å². The largest absolute Gasteiger partial charge is 0.306 e. The number of nitrogens with one attached hydrogen (secondary N) is 1. The molecule has 1 unspecified atom stereocenters. The Morgan fingerprint density at radius 3 is 3.33 bits per heavy atom. The molecule has 0 spiro atoms. The Kier molecular flexibility index (Phi) is 2.39. The van der Waals surface area contributed by atoms with Crippen LogP contribution in [0.15, 0.2) is 10.9 Å². The molecule has 1 aliphatic heterocycles. The Bertz CT molecular complexity index is 234. The van der Waals surface area contributed by atoms with E-state index in [0.29, 0.717) is 6.04 Å². The fourth-order valence-corrected chi connectivity index (χ4v) is 2.10. The Balaban J connectivity index is 2.04. The first-order valence-electron chi connectivity index (χ1n) is 4.16. The molecule has 66 valence electrons. The lowest BCUT2D eigenvalue weighted by Gasteiger charge is -2.29. The lowest BCUT2D eigenvalue weighted by molar-refractivity contribution is 0.238. The summed E-state index contributed by atoms with van der Waals surface area (Å²) in [6.45, 7) is 3.28. The number of hydrogen-bond acceptors (Lipinski definition) is 4. The molecule has 4 heteroatoms. The third kappa shape index (κ3) is 1.65. The number of rotatable bonds is 1. The van der Waals surface area contributed by atoms with Crippen LogP contribution in [0.1, 0.15) is 11.7 Å². The summed E-state index contributed by atoms with van der Waals surface area (Å²) >= 11 is 1.66. The smallest absolute Gasteiger partial charge is 0.0795 e. The summed E-state index contributed by atoms with van der Waals surface area (Å²) in [5.41, 5.74) is 3.08. The summed E-state index contributed by atoms with van der Waals surface area (Å²) in [6, 6.07) is 0.440. The van der Waals surface area contributed by atoms with Crippen LogP contribution in [0.25, 0.3) is 0 Å². The van der Waals surface area contributed by atoms with Gasteiger partial charge in [0, 0.05) is 25.0 Å². The lowest BCUT2D eigenvalue weighted by atomic mass is 10.2. The highest BCUT2D eigenvalue weighted by Gasteiger charge is 2.18. The van der Waals surface area contributed by atoms with Crippen molar-refractivity contribution in [1.82, 2.24) is 15.2 Å². The number of aromatic nitrogens is 1. The number of likely N-dealkylation sites (N-methyl/N-ethyl adjacent to an activating group) is 1. The van der Waals surface area contributed by atoms with Crippen molar-refractivity contribution in [1.29, 1.82) is 0 Å². The minimum Gasteiger partial charge on any atom is -0.306 e. The van der Waals surface area contributed by atoms with Crippen molar-refractivity contribution in [3.8, 4) is 0 Å². The fourth-order valence-electron chi connectivity index (χ4n) is 1.49. The second-order valence-electron chi connectivity index (χ2n) is 3.18. The van der Waals surface area contributed by atoms with Gasteiger partial charge in [0.25, 0.3) is 0 Å². The van der Waals surface area contributed by atoms with Crippen molar-refractivity contribution >= 4 is 11.3 Å². The molecular formula is C8H13N3S. The molecule has 1 aliphatic rings. The molecule has 1 saturated heterocycles. The highest BCUT2D eigenvalue weighted by Crippen LogP contribution is 2.15. The molecule has 0 saturated carbocycles. The monoisotopic (exact) mass is 183 g/mol. The van der Waals surface area contributed by atoms with Gasteiger partial charge in [-0.15, -0.1) is 11.3 Å². The molecule has 0 aromatic carbocycles. The molecule has 12 heavy (non-hydrogen) atoms. The van der Waals surface area contributed by atoms with Gasteiger partial charge in [-0.3, -0.25) is 0 Å². The normalized spacial score (nSPS) is 25.9. The number of nitrogens with zero attached hydrogens (tertiary/aromatic N) is 2. The maximum atomic E-state index is 4.30. The van der Waals surface area contributed by atoms with Gasteiger partial charge in [-0.05, 0) is 7.05 Å². The van der Waals surface area contributed by atoms with Crippen LogP contribution < -0.4 is 5.32 Å². The summed E-state index contributed by atoms with van der Waals surface area (Å²) in [6.07, 6.45) is 0. The van der Waals surface area contributed by atoms with Gasteiger partial charge < -0.3 is 10.2 Å². The molecule has 0 amide bonds. The van der Waals surface area contributed by atoms with Crippen LogP contribution in [0, 0.1) is 0 Å². The average molecular weight is 183 g/mol. The van der Waals surface area contributed by atoms with Crippen molar-refractivity contribution in [3.05, 3.63) is 16.6 Å². The lowest BCUT2D eigenvalue weighted by Crippen LogP contribution is -2.43. The zero-order valence-electron chi connectivity index (χ0n) is 7.16. The van der Waals surface area contributed by atoms with Crippen LogP contribution in [0.2, 0.25) is 0 Å². The van der Waals surface area contributed by atoms with Gasteiger partial charge in [-0.2, -0.15) is 0 Å². The van der Waals surface area contributed by atoms with Crippen LogP contribution in [0.3, 0.4) is 0 Å². The Morgan fingerprint density at radius 2 is 2.67 bits per heavy atom. The minimum atomic E-state index is 0.440. The third-order valence-electron chi connectivity index (χ3n) is 2.19. The number of hydrogen-bond donors (Lipinski definition) is 1. The first-order chi connectivity index (χ1) is 5.86. The predicted octanol–water partition coefficient (Wildman–Crippen LogP) is 0.719. The van der Waals surface area contributed by atoms with E-state index in [-0.39, 0.29) is 0 Å². The van der Waals surface area contributed by atoms with Gasteiger partial charge in [-0.1, -0.05) is 0 Å². The molecule has 3 nitrogen and oxygen atoms in total. The van der Waals surface area contributed by atoms with E-state index >= 15 is 0 Å². The molecule has 1 atom stereocenters. The van der Waals surface area contributed by atoms with E-state index in [1.165, 1.54) is 5.69 Å². The second-order valence-corrected chi connectivity index (χ2v) is 3.90. The maximum Gasteiger partial charge on any atom is 0.0795 e. The molecule has 0 aliphatic carbocycles. The van der Waals surface area contributed by atoms with Crippen molar-refractivity contribution < 1.29 is 0 Å². The molecule has 2 heterocycles. The number of piperazine rings is 1. The van der Waals surface area contributed by atoms with Crippen LogP contribution in [0.5, 0.6) is 0 Å². The summed E-state index contributed by atoms with van der Waals surface area (Å²) in [5, 5.41) is 5.58. The van der Waals surface area contributed by atoms with E-state index in [4.69, 9.17) is 0 Å². The fraction of sp³-hybridized carbons (Fsp3) is 0.625. The predicted molar refractivity (Wildman–Crippen MR) is 50.4 cm³/mol. The van der Waals surface area contributed by atoms with E-state index in [1.54, 1.807) is 11.3 Å². The van der Waals surface area contributed by atoms with Gasteiger partial charge in [0.2, 0.25) is 0 Å². The average Bonchev–Trinajstić information content (AvgIpc) is 2.56. The molecule has 1 fully saturated rings. The van der Waals surface area contributed by atoms with Gasteiger partial charge in [0.15, 0.2) is 0 Å². The summed E-state index contributed by atoms with van der Waals surface area (Å²) in [5.74, 6) is 0. The van der Waals surface area contributed by atoms with Gasteiger partial charge in [0.1, 0.15) is 0 Å². The SMILES string of the molecule is CN1CCNC(c2cscn2)C1. The zero-order valence-corrected chi connectivity index (χ0v) is 7.97. The van der Waals surface area contributed by atoms with E-state index in [1.807, 2.05) is 5.51 Å². The Labute approximate surface area is 76.4 Å². The third-order valence-corrected chi connectivity index (χ3v) is 2.79. The van der Waals surface area contributed by atoms with Crippen molar-refractivity contribution in [2.24, 2.45) is 0 Å². The molecule has 0 bridgehead atoms. The van der Waals surface area contributed by atoms with Crippen LogP contribution in [-0.4, -0.2) is 36.6 Å². The molecule has 0 radical (unpaired) electrons. The first kappa shape index (κ1) is 8.16. The summed E-state index contributed by atoms with van der Waals surface area (Å²) in [7, 11) is 2.15. The van der Waals surface area contributed by atoms with Gasteiger partial charge in [-0.25, -0.2) is 4.98 Å². The van der Waals surface area contributed by atoms with Gasteiger partial charge >= 0.3 is 0 Å². The zero-order chi connectivity index (χ0) is 8.39. The Hall–Kier alpha value is -0.450. The van der Waals surface area contributed by atoms with E-state index < -0.39 is 0 Å². The Morgan fingerprint density at radius 1 is 1.75 bits per heavy atom. The van der Waals surface area contributed by atoms with Crippen molar-refractivity contribution in [2.75, 3.05) is 26.7 Å². The van der Waals surface area contributed by atoms with Crippen LogP contribution in [0.4, 0.5) is 0 Å². The van der Waals surface area contributed by atoms with E-state index in [9.17, 15) is 0 Å².